The molecule has 19 heavy (non-hydrogen) atoms. The lowest BCUT2D eigenvalue weighted by atomic mass is 10.0. The minimum Gasteiger partial charge on any atom is -0.465 e. The van der Waals surface area contributed by atoms with Crippen LogP contribution >= 0.6 is 0 Å². The molecule has 0 aromatic rings. The second-order valence-electron chi connectivity index (χ2n) is 4.89. The molecule has 0 saturated carbocycles. The van der Waals surface area contributed by atoms with Gasteiger partial charge in [-0.25, -0.2) is 0 Å². The third kappa shape index (κ3) is 7.62. The van der Waals surface area contributed by atoms with E-state index in [9.17, 15) is 4.79 Å². The van der Waals surface area contributed by atoms with Gasteiger partial charge in [0, 0.05) is 0 Å². The minimum absolute atomic E-state index is 0.157. The van der Waals surface area contributed by atoms with Crippen LogP contribution in [0.2, 0.25) is 0 Å². The first-order valence-electron chi connectivity index (χ1n) is 6.71. The Hall–Kier alpha value is -1.35. The molecular weight excluding hydrogens is 238 g/mol. The molecule has 1 atom stereocenters. The Labute approximate surface area is 117 Å². The number of likely N-dealkylation sites (N-methyl/N-ethyl adjacent to an activating group) is 1. The average molecular weight is 265 g/mol. The zero-order chi connectivity index (χ0) is 14.8. The fourth-order valence-electron chi connectivity index (χ4n) is 1.71. The number of nitrogens with zero attached hydrogens (tertiary/aromatic N) is 1. The van der Waals surface area contributed by atoms with Crippen molar-refractivity contribution in [1.82, 2.24) is 4.90 Å². The number of allylic oxidation sites excluding steroid dienone is 3. The van der Waals surface area contributed by atoms with E-state index in [-0.39, 0.29) is 12.0 Å². The lowest BCUT2D eigenvalue weighted by Crippen LogP contribution is -2.37. The van der Waals surface area contributed by atoms with Gasteiger partial charge in [0.05, 0.1) is 6.61 Å². The summed E-state index contributed by atoms with van der Waals surface area (Å²) in [5.74, 6) is -0.157. The first kappa shape index (κ1) is 17.6. The van der Waals surface area contributed by atoms with Crippen molar-refractivity contribution >= 4 is 5.97 Å². The number of rotatable bonds is 9. The Morgan fingerprint density at radius 3 is 2.53 bits per heavy atom. The standard InChI is InChI=1S/C16H27NO2/c1-7-13(3)10-9-11-14(4)12-15(17(5)6)16(18)19-8-2/h7,11,15H,1,3,8-10,12H2,2,4-6H3/b14-11+. The van der Waals surface area contributed by atoms with Crippen LogP contribution in [0.25, 0.3) is 0 Å². The van der Waals surface area contributed by atoms with E-state index in [1.54, 1.807) is 6.08 Å². The van der Waals surface area contributed by atoms with Gasteiger partial charge in [-0.3, -0.25) is 9.69 Å². The lowest BCUT2D eigenvalue weighted by molar-refractivity contribution is -0.148. The van der Waals surface area contributed by atoms with Gasteiger partial charge >= 0.3 is 5.97 Å². The topological polar surface area (TPSA) is 29.5 Å². The first-order valence-corrected chi connectivity index (χ1v) is 6.71. The normalized spacial score (nSPS) is 13.2. The van der Waals surface area contributed by atoms with E-state index >= 15 is 0 Å². The maximum Gasteiger partial charge on any atom is 0.323 e. The van der Waals surface area contributed by atoms with Crippen molar-refractivity contribution in [2.24, 2.45) is 0 Å². The van der Waals surface area contributed by atoms with Crippen LogP contribution in [-0.4, -0.2) is 37.6 Å². The molecular formula is C16H27NO2. The van der Waals surface area contributed by atoms with Crippen LogP contribution in [0.15, 0.2) is 36.5 Å². The predicted octanol–water partition coefficient (Wildman–Crippen LogP) is 3.34. The Kier molecular flexibility index (Phi) is 8.88. The van der Waals surface area contributed by atoms with Crippen LogP contribution < -0.4 is 0 Å². The Balaban J connectivity index is 4.41. The van der Waals surface area contributed by atoms with Crippen molar-refractivity contribution < 1.29 is 9.53 Å². The van der Waals surface area contributed by atoms with Gasteiger partial charge in [-0.1, -0.05) is 36.5 Å². The smallest absolute Gasteiger partial charge is 0.323 e. The summed E-state index contributed by atoms with van der Waals surface area (Å²) < 4.78 is 5.09. The van der Waals surface area contributed by atoms with Gasteiger partial charge in [0.15, 0.2) is 0 Å². The van der Waals surface area contributed by atoms with E-state index in [2.05, 4.69) is 19.2 Å². The van der Waals surface area contributed by atoms with E-state index < -0.39 is 0 Å². The fourth-order valence-corrected chi connectivity index (χ4v) is 1.71. The van der Waals surface area contributed by atoms with Crippen LogP contribution in [0.5, 0.6) is 0 Å². The largest absolute Gasteiger partial charge is 0.465 e. The Morgan fingerprint density at radius 1 is 1.42 bits per heavy atom. The van der Waals surface area contributed by atoms with Gasteiger partial charge in [-0.05, 0) is 47.2 Å². The second-order valence-corrected chi connectivity index (χ2v) is 4.89. The molecule has 0 aliphatic rings. The molecule has 0 amide bonds. The molecule has 0 aliphatic carbocycles. The van der Waals surface area contributed by atoms with Crippen molar-refractivity contribution in [2.75, 3.05) is 20.7 Å². The molecule has 0 spiro atoms. The first-order chi connectivity index (χ1) is 8.92. The Morgan fingerprint density at radius 2 is 2.05 bits per heavy atom. The quantitative estimate of drug-likeness (QED) is 0.364. The summed E-state index contributed by atoms with van der Waals surface area (Å²) in [6, 6.07) is -0.209. The zero-order valence-electron chi connectivity index (χ0n) is 12.7. The van der Waals surface area contributed by atoms with E-state index in [1.165, 1.54) is 5.57 Å². The number of esters is 1. The molecule has 3 nitrogen and oxygen atoms in total. The molecule has 0 aromatic heterocycles. The summed E-state index contributed by atoms with van der Waals surface area (Å²) >= 11 is 0. The average Bonchev–Trinajstić information content (AvgIpc) is 2.35. The number of carbonyl (C=O) groups excluding carboxylic acids is 1. The van der Waals surface area contributed by atoms with Crippen LogP contribution in [0, 0.1) is 0 Å². The SMILES string of the molecule is C=CC(=C)CC/C=C(\C)CC(C(=O)OCC)N(C)C. The van der Waals surface area contributed by atoms with Gasteiger partial charge in [0.25, 0.3) is 0 Å². The molecule has 0 saturated heterocycles. The summed E-state index contributed by atoms with van der Waals surface area (Å²) in [5, 5.41) is 0. The van der Waals surface area contributed by atoms with Gasteiger partial charge in [0.2, 0.25) is 0 Å². The molecule has 0 heterocycles. The molecule has 0 N–H and O–H groups in total. The van der Waals surface area contributed by atoms with Crippen molar-refractivity contribution in [3.63, 3.8) is 0 Å². The predicted molar refractivity (Wildman–Crippen MR) is 81.1 cm³/mol. The monoisotopic (exact) mass is 265 g/mol. The summed E-state index contributed by atoms with van der Waals surface area (Å²) in [6.07, 6.45) is 6.48. The minimum atomic E-state index is -0.209. The Bertz CT molecular complexity index is 343. The number of carbonyl (C=O) groups is 1. The third-order valence-electron chi connectivity index (χ3n) is 2.94. The van der Waals surface area contributed by atoms with Crippen LogP contribution in [-0.2, 0) is 9.53 Å². The van der Waals surface area contributed by atoms with Gasteiger partial charge in [-0.15, -0.1) is 0 Å². The molecule has 1 unspecified atom stereocenters. The van der Waals surface area contributed by atoms with Crippen LogP contribution in [0.3, 0.4) is 0 Å². The molecule has 0 rings (SSSR count). The summed E-state index contributed by atoms with van der Waals surface area (Å²) in [6.45, 7) is 11.9. The summed E-state index contributed by atoms with van der Waals surface area (Å²) in [4.78, 5) is 13.7. The maximum absolute atomic E-state index is 11.8. The van der Waals surface area contributed by atoms with Gasteiger partial charge < -0.3 is 4.74 Å². The molecule has 0 fully saturated rings. The fraction of sp³-hybridized carbons (Fsp3) is 0.562. The highest BCUT2D eigenvalue weighted by molar-refractivity contribution is 5.76. The second kappa shape index (κ2) is 9.56. The van der Waals surface area contributed by atoms with Crippen LogP contribution in [0.4, 0.5) is 0 Å². The molecule has 0 bridgehead atoms. The van der Waals surface area contributed by atoms with Gasteiger partial charge in [-0.2, -0.15) is 0 Å². The summed E-state index contributed by atoms with van der Waals surface area (Å²) in [7, 11) is 3.79. The highest BCUT2D eigenvalue weighted by Gasteiger charge is 2.21. The number of hydrogen-bond donors (Lipinski definition) is 0. The highest BCUT2D eigenvalue weighted by Crippen LogP contribution is 2.13. The lowest BCUT2D eigenvalue weighted by Gasteiger charge is -2.22. The number of hydrogen-bond acceptors (Lipinski definition) is 3. The molecule has 0 aromatic carbocycles. The van der Waals surface area contributed by atoms with Crippen molar-refractivity contribution in [3.8, 4) is 0 Å². The van der Waals surface area contributed by atoms with Gasteiger partial charge in [0.1, 0.15) is 6.04 Å². The van der Waals surface area contributed by atoms with E-state index in [1.807, 2.05) is 32.8 Å². The molecule has 0 aliphatic heterocycles. The summed E-state index contributed by atoms with van der Waals surface area (Å²) in [5.41, 5.74) is 2.24. The molecule has 0 radical (unpaired) electrons. The van der Waals surface area contributed by atoms with Crippen LogP contribution in [0.1, 0.15) is 33.1 Å². The highest BCUT2D eigenvalue weighted by atomic mass is 16.5. The number of ether oxygens (including phenoxy) is 1. The van der Waals surface area contributed by atoms with Crippen molar-refractivity contribution in [1.29, 1.82) is 0 Å². The third-order valence-corrected chi connectivity index (χ3v) is 2.94. The van der Waals surface area contributed by atoms with E-state index in [0.29, 0.717) is 13.0 Å². The molecule has 3 heteroatoms. The maximum atomic E-state index is 11.8. The molecule has 108 valence electrons. The van der Waals surface area contributed by atoms with Crippen molar-refractivity contribution in [3.05, 3.63) is 36.5 Å². The van der Waals surface area contributed by atoms with E-state index in [4.69, 9.17) is 4.74 Å². The zero-order valence-corrected chi connectivity index (χ0v) is 12.7. The van der Waals surface area contributed by atoms with Crippen molar-refractivity contribution in [2.45, 2.75) is 39.2 Å². The van der Waals surface area contributed by atoms with E-state index in [0.717, 1.165) is 18.4 Å².